The van der Waals surface area contributed by atoms with E-state index in [2.05, 4.69) is 35.2 Å². The molecule has 0 spiro atoms. The molecule has 0 aromatic rings. The minimum Gasteiger partial charge on any atom is -0.479 e. The van der Waals surface area contributed by atoms with Gasteiger partial charge in [0.2, 0.25) is 0 Å². The van der Waals surface area contributed by atoms with E-state index in [-0.39, 0.29) is 4.90 Å². The zero-order chi connectivity index (χ0) is 27.6. The average molecular weight is 518 g/mol. The third kappa shape index (κ3) is 63.3. The Morgan fingerprint density at radius 2 is 1.29 bits per heavy atom. The van der Waals surface area contributed by atoms with Gasteiger partial charge in [0, 0.05) is 34.2 Å². The van der Waals surface area contributed by atoms with Gasteiger partial charge in [0.15, 0.2) is 6.54 Å². The molecule has 2 unspecified atom stereocenters. The van der Waals surface area contributed by atoms with Gasteiger partial charge in [-0.05, 0) is 12.8 Å². The highest BCUT2D eigenvalue weighted by molar-refractivity contribution is 4.70. The van der Waals surface area contributed by atoms with Crippen molar-refractivity contribution >= 4 is 0 Å². The van der Waals surface area contributed by atoms with Crippen LogP contribution in [-0.2, 0) is 9.47 Å². The Bertz CT molecular complexity index is 380. The lowest BCUT2D eigenvalue weighted by molar-refractivity contribution is -0.844. The van der Waals surface area contributed by atoms with Crippen molar-refractivity contribution in [1.82, 2.24) is 0 Å². The molecule has 1 aliphatic rings. The number of nitrogens with two attached hydrogens (primary N) is 3. The highest BCUT2D eigenvalue weighted by Crippen LogP contribution is 2.26. The monoisotopic (exact) mass is 517 g/mol. The van der Waals surface area contributed by atoms with Gasteiger partial charge in [-0.15, -0.1) is 0 Å². The molecule has 0 aromatic carbocycles. The fourth-order valence-electron chi connectivity index (χ4n) is 1.57. The molecule has 0 heterocycles. The van der Waals surface area contributed by atoms with Crippen molar-refractivity contribution in [2.24, 2.45) is 5.92 Å². The van der Waals surface area contributed by atoms with Gasteiger partial charge in [0.05, 0.1) is 32.8 Å². The molecule has 34 heavy (non-hydrogen) atoms. The standard InChI is InChI=1S/C5H13NO.C5H11N.C4H8F3N.C4H11NO.C3H6F3N/c1-6(2)4-5-7-3;1-6-4-5-2-3-5;1-8(2)3-4(5,6)7;1-5-3-4-6-2;1-7-2-3(4,5)6/h6H,1,4-5H2,2-3H3;5H,1-4,6H2;8H,1,3H2,2H3;1,3-5H2,2H3;1-2,7H2. The summed E-state index contributed by atoms with van der Waals surface area (Å²) in [7, 11) is 23.7. The van der Waals surface area contributed by atoms with Crippen molar-refractivity contribution in [3.8, 4) is 0 Å². The van der Waals surface area contributed by atoms with Gasteiger partial charge in [-0.2, -0.15) is 61.6 Å². The normalized spacial score (nSPS) is 14.6. The molecular formula is C21H49F6N5O2. The molecule has 212 valence electrons. The lowest BCUT2D eigenvalue weighted by atomic mass is 10.4. The quantitative estimate of drug-likeness (QED) is 0.126. The maximum atomic E-state index is 11.2. The van der Waals surface area contributed by atoms with Gasteiger partial charge < -0.3 is 35.2 Å². The second-order valence-corrected chi connectivity index (χ2v) is 7.59. The van der Waals surface area contributed by atoms with Crippen molar-refractivity contribution in [3.63, 3.8) is 0 Å². The number of alkyl halides is 6. The van der Waals surface area contributed by atoms with Crippen LogP contribution < -0.4 is 25.8 Å². The summed E-state index contributed by atoms with van der Waals surface area (Å²) in [6.45, 7) is 3.02. The minimum absolute atomic E-state index is 0.150. The summed E-state index contributed by atoms with van der Waals surface area (Å²) in [5, 5.41) is 4.68. The molecule has 2 atom stereocenters. The van der Waals surface area contributed by atoms with Gasteiger partial charge in [-0.25, -0.2) is 0 Å². The van der Waals surface area contributed by atoms with E-state index in [4.69, 9.17) is 9.47 Å². The summed E-state index contributed by atoms with van der Waals surface area (Å²) in [6.07, 6.45) is -5.24. The molecule has 13 heteroatoms. The predicted octanol–water partition coefficient (Wildman–Crippen LogP) is -2.56. The topological polar surface area (TPSA) is 77.2 Å². The molecular weight excluding hydrogens is 468 g/mol. The minimum atomic E-state index is -4.08. The van der Waals surface area contributed by atoms with Crippen LogP contribution in [-0.4, -0.2) is 86.6 Å². The smallest absolute Gasteiger partial charge is 0.435 e. The molecule has 8 N–H and O–H groups in total. The zero-order valence-electron chi connectivity index (χ0n) is 21.3. The first-order valence-electron chi connectivity index (χ1n) is 10.8. The fourth-order valence-corrected chi connectivity index (χ4v) is 1.57. The average Bonchev–Trinajstić information content (AvgIpc) is 3.48. The Hall–Kier alpha value is -0.700. The van der Waals surface area contributed by atoms with E-state index in [0.717, 1.165) is 37.5 Å². The van der Waals surface area contributed by atoms with Crippen LogP contribution >= 0.6 is 0 Å². The van der Waals surface area contributed by atoms with Crippen molar-refractivity contribution in [1.29, 1.82) is 0 Å². The van der Waals surface area contributed by atoms with E-state index in [9.17, 15) is 26.3 Å². The van der Waals surface area contributed by atoms with Crippen LogP contribution in [0, 0.1) is 41.2 Å². The summed E-state index contributed by atoms with van der Waals surface area (Å²) < 4.78 is 76.2. The Morgan fingerprint density at radius 1 is 0.794 bits per heavy atom. The third-order valence-electron chi connectivity index (χ3n) is 3.33. The second kappa shape index (κ2) is 26.9. The predicted molar refractivity (Wildman–Crippen MR) is 119 cm³/mol. The van der Waals surface area contributed by atoms with Gasteiger partial charge in [-0.3, -0.25) is 0 Å². The summed E-state index contributed by atoms with van der Waals surface area (Å²) in [5.41, 5.74) is 0. The molecule has 1 fully saturated rings. The van der Waals surface area contributed by atoms with Crippen LogP contribution in [0.4, 0.5) is 26.3 Å². The molecule has 0 aromatic heterocycles. The number of methoxy groups -OCH3 is 2. The third-order valence-corrected chi connectivity index (χ3v) is 3.33. The Labute approximate surface area is 202 Å². The lowest BCUT2D eigenvalue weighted by Gasteiger charge is -2.15. The van der Waals surface area contributed by atoms with Crippen molar-refractivity contribution in [3.05, 3.63) is 35.2 Å². The van der Waals surface area contributed by atoms with Gasteiger partial charge >= 0.3 is 12.4 Å². The number of likely N-dealkylation sites (N-methyl/N-ethyl adjacent to an activating group) is 1. The van der Waals surface area contributed by atoms with E-state index in [1.807, 2.05) is 17.7 Å². The molecule has 7 nitrogen and oxygen atoms in total. The maximum absolute atomic E-state index is 11.2. The van der Waals surface area contributed by atoms with Crippen LogP contribution in [0.25, 0.3) is 0 Å². The van der Waals surface area contributed by atoms with Crippen LogP contribution in [0.2, 0.25) is 0 Å². The first kappa shape index (κ1) is 40.5. The lowest BCUT2D eigenvalue weighted by Crippen LogP contribution is -3.05. The highest BCUT2D eigenvalue weighted by Gasteiger charge is 2.29. The number of quaternary nitrogens is 5. The van der Waals surface area contributed by atoms with Gasteiger partial charge in [-0.1, -0.05) is 0 Å². The summed E-state index contributed by atoms with van der Waals surface area (Å²) >= 11 is 0. The number of nitrogens with one attached hydrogen (secondary N) is 2. The van der Waals surface area contributed by atoms with E-state index in [1.165, 1.54) is 31.3 Å². The number of hydrogen-bond donors (Lipinski definition) is 5. The van der Waals surface area contributed by atoms with Crippen molar-refractivity contribution in [2.45, 2.75) is 25.2 Å². The highest BCUT2D eigenvalue weighted by atomic mass is 19.4. The zero-order valence-corrected chi connectivity index (χ0v) is 21.3. The first-order valence-corrected chi connectivity index (χ1v) is 10.8. The fraction of sp³-hybridized carbons (Fsp3) is 0.762. The maximum Gasteiger partial charge on any atom is 0.435 e. The molecule has 0 saturated heterocycles. The van der Waals surface area contributed by atoms with Crippen molar-refractivity contribution in [2.75, 3.05) is 74.3 Å². The Kier molecular flexibility index (Phi) is 32.0. The van der Waals surface area contributed by atoms with Crippen molar-refractivity contribution < 1.29 is 61.6 Å². The largest absolute Gasteiger partial charge is 0.479 e. The van der Waals surface area contributed by atoms with Crippen LogP contribution in [0.3, 0.4) is 0 Å². The Balaban J connectivity index is -0.000000166. The number of ether oxygens (including phenoxy) is 2. The molecule has 0 bridgehead atoms. The molecule has 0 radical (unpaired) electrons. The molecule has 1 saturated carbocycles. The number of rotatable bonds is 10. The molecule has 1 rings (SSSR count). The van der Waals surface area contributed by atoms with E-state index < -0.39 is 25.4 Å². The molecule has 0 amide bonds. The summed E-state index contributed by atoms with van der Waals surface area (Å²) in [4.78, 5) is 1.33. The van der Waals surface area contributed by atoms with Crippen LogP contribution in [0.1, 0.15) is 12.8 Å². The van der Waals surface area contributed by atoms with E-state index >= 15 is 0 Å². The van der Waals surface area contributed by atoms with Crippen LogP contribution in [0.5, 0.6) is 0 Å². The molecule has 1 aliphatic carbocycles. The number of hydrogen-bond acceptors (Lipinski definition) is 2. The first-order chi connectivity index (χ1) is 15.6. The molecule has 0 aliphatic heterocycles. The summed E-state index contributed by atoms with van der Waals surface area (Å²) in [5.74, 6) is 1.03. The van der Waals surface area contributed by atoms with Gasteiger partial charge in [0.1, 0.15) is 6.54 Å². The SMILES string of the molecule is [CH2-][NH+](C)CC(F)(F)F.[CH2-][NH+](C)CCOC.[CH2-][NH2+]CC(F)(F)F.[CH2-][NH2+]CC1CC1.[CH2-][NH2+]CCOC. The van der Waals surface area contributed by atoms with Crippen LogP contribution in [0.15, 0.2) is 0 Å². The van der Waals surface area contributed by atoms with Gasteiger partial charge in [0.25, 0.3) is 0 Å². The Morgan fingerprint density at radius 3 is 1.38 bits per heavy atom. The van der Waals surface area contributed by atoms with E-state index in [0.29, 0.717) is 0 Å². The summed E-state index contributed by atoms with van der Waals surface area (Å²) in [6, 6.07) is 0. The number of halogens is 6. The van der Waals surface area contributed by atoms with E-state index in [1.54, 1.807) is 14.2 Å². The second-order valence-electron chi connectivity index (χ2n) is 7.59.